The van der Waals surface area contributed by atoms with Crippen molar-refractivity contribution >= 4 is 27.5 Å². The number of carbonyl (C=O) groups is 1. The highest BCUT2D eigenvalue weighted by molar-refractivity contribution is 9.10. The minimum absolute atomic E-state index is 0.214. The number of anilines is 1. The predicted molar refractivity (Wildman–Crippen MR) is 76.7 cm³/mol. The van der Waals surface area contributed by atoms with Crippen molar-refractivity contribution in [2.45, 2.75) is 6.18 Å². The normalized spacial score (nSPS) is 11.0. The molecule has 0 atom stereocenters. The van der Waals surface area contributed by atoms with Gasteiger partial charge < -0.3 is 0 Å². The number of amides is 1. The highest BCUT2D eigenvalue weighted by Crippen LogP contribution is 2.34. The molecular weight excluding hydrogens is 349 g/mol. The molecule has 3 nitrogen and oxygen atoms in total. The number of alkyl halides is 3. The minimum Gasteiger partial charge on any atom is -0.298 e. The smallest absolute Gasteiger partial charge is 0.298 e. The van der Waals surface area contributed by atoms with Crippen molar-refractivity contribution < 1.29 is 18.0 Å². The third-order valence-electron chi connectivity index (χ3n) is 2.63. The van der Waals surface area contributed by atoms with Gasteiger partial charge in [-0.15, -0.1) is 0 Å². The highest BCUT2D eigenvalue weighted by Gasteiger charge is 2.33. The number of carbonyl (C=O) groups excluding carboxylic acids is 1. The maximum Gasteiger partial charge on any atom is 0.418 e. The molecule has 2 aromatic rings. The second kappa shape index (κ2) is 6.17. The van der Waals surface area contributed by atoms with Crippen LogP contribution < -0.4 is 10.9 Å². The first-order chi connectivity index (χ1) is 9.88. The molecule has 21 heavy (non-hydrogen) atoms. The highest BCUT2D eigenvalue weighted by atomic mass is 79.9. The van der Waals surface area contributed by atoms with E-state index in [1.807, 2.05) is 0 Å². The number of para-hydroxylation sites is 1. The Hall–Kier alpha value is -2.02. The van der Waals surface area contributed by atoms with Gasteiger partial charge in [0.05, 0.1) is 11.3 Å². The van der Waals surface area contributed by atoms with Crippen molar-refractivity contribution in [3.8, 4) is 0 Å². The summed E-state index contributed by atoms with van der Waals surface area (Å²) in [6, 6.07) is 11.4. The van der Waals surface area contributed by atoms with Crippen molar-refractivity contribution in [2.24, 2.45) is 0 Å². The molecule has 2 N–H and O–H groups in total. The van der Waals surface area contributed by atoms with E-state index in [4.69, 9.17) is 0 Å². The number of benzene rings is 2. The standard InChI is InChI=1S/C14H10BrF3N2O/c15-10-5-3-4-9(8-10)13(21)20-19-12-7-2-1-6-11(12)14(16,17)18/h1-8,19H,(H,20,21). The van der Waals surface area contributed by atoms with Crippen molar-refractivity contribution in [1.29, 1.82) is 0 Å². The maximum absolute atomic E-state index is 12.8. The number of hydrogen-bond acceptors (Lipinski definition) is 2. The Bertz CT molecular complexity index is 659. The third-order valence-corrected chi connectivity index (χ3v) is 3.12. The van der Waals surface area contributed by atoms with E-state index in [0.29, 0.717) is 10.0 Å². The second-order valence-electron chi connectivity index (χ2n) is 4.13. The molecule has 0 aliphatic carbocycles. The van der Waals surface area contributed by atoms with Crippen molar-refractivity contribution in [3.63, 3.8) is 0 Å². The molecule has 0 heterocycles. The van der Waals surface area contributed by atoms with E-state index >= 15 is 0 Å². The molecule has 1 amide bonds. The number of nitrogens with one attached hydrogen (secondary N) is 2. The molecule has 7 heteroatoms. The molecule has 0 aliphatic rings. The van der Waals surface area contributed by atoms with Crippen LogP contribution in [-0.4, -0.2) is 5.91 Å². The van der Waals surface area contributed by atoms with E-state index in [0.717, 1.165) is 6.07 Å². The Labute approximate surface area is 127 Å². The maximum atomic E-state index is 12.8. The summed E-state index contributed by atoms with van der Waals surface area (Å²) in [5, 5.41) is 0. The fraction of sp³-hybridized carbons (Fsp3) is 0.0714. The van der Waals surface area contributed by atoms with E-state index < -0.39 is 17.6 Å². The van der Waals surface area contributed by atoms with Crippen LogP contribution in [0.2, 0.25) is 0 Å². The lowest BCUT2D eigenvalue weighted by atomic mass is 10.2. The van der Waals surface area contributed by atoms with Gasteiger partial charge in [-0.3, -0.25) is 15.6 Å². The van der Waals surface area contributed by atoms with E-state index in [2.05, 4.69) is 26.8 Å². The van der Waals surface area contributed by atoms with Crippen LogP contribution in [0, 0.1) is 0 Å². The number of hydrogen-bond donors (Lipinski definition) is 2. The zero-order valence-electron chi connectivity index (χ0n) is 10.5. The lowest BCUT2D eigenvalue weighted by molar-refractivity contribution is -0.137. The van der Waals surface area contributed by atoms with Crippen LogP contribution in [0.4, 0.5) is 18.9 Å². The van der Waals surface area contributed by atoms with Crippen LogP contribution in [0.1, 0.15) is 15.9 Å². The molecule has 0 saturated carbocycles. The first kappa shape index (κ1) is 15.4. The summed E-state index contributed by atoms with van der Waals surface area (Å²) < 4.78 is 39.1. The fourth-order valence-corrected chi connectivity index (χ4v) is 2.06. The summed E-state index contributed by atoms with van der Waals surface area (Å²) in [6.45, 7) is 0. The molecule has 110 valence electrons. The number of hydrazine groups is 1. The van der Waals surface area contributed by atoms with Crippen LogP contribution in [0.15, 0.2) is 53.0 Å². The van der Waals surface area contributed by atoms with Crippen LogP contribution >= 0.6 is 15.9 Å². The van der Waals surface area contributed by atoms with Gasteiger partial charge in [0.2, 0.25) is 0 Å². The van der Waals surface area contributed by atoms with Crippen molar-refractivity contribution in [2.75, 3.05) is 5.43 Å². The van der Waals surface area contributed by atoms with Crippen LogP contribution in [0.5, 0.6) is 0 Å². The van der Waals surface area contributed by atoms with Gasteiger partial charge in [0.15, 0.2) is 0 Å². The molecule has 0 bridgehead atoms. The molecule has 0 aliphatic heterocycles. The van der Waals surface area contributed by atoms with Gasteiger partial charge in [0.25, 0.3) is 5.91 Å². The monoisotopic (exact) mass is 358 g/mol. The van der Waals surface area contributed by atoms with Gasteiger partial charge in [-0.2, -0.15) is 13.2 Å². The SMILES string of the molecule is O=C(NNc1ccccc1C(F)(F)F)c1cccc(Br)c1. The Morgan fingerprint density at radius 3 is 2.43 bits per heavy atom. The van der Waals surface area contributed by atoms with Gasteiger partial charge in [0, 0.05) is 10.0 Å². The number of rotatable bonds is 3. The first-order valence-electron chi connectivity index (χ1n) is 5.86. The molecule has 0 radical (unpaired) electrons. The van der Waals surface area contributed by atoms with Crippen LogP contribution in [-0.2, 0) is 6.18 Å². The largest absolute Gasteiger partial charge is 0.418 e. The van der Waals surface area contributed by atoms with E-state index in [1.165, 1.54) is 18.2 Å². The lowest BCUT2D eigenvalue weighted by Gasteiger charge is -2.15. The van der Waals surface area contributed by atoms with Gasteiger partial charge in [-0.1, -0.05) is 34.1 Å². The molecule has 2 rings (SSSR count). The molecule has 0 aromatic heterocycles. The topological polar surface area (TPSA) is 41.1 Å². The molecule has 0 unspecified atom stereocenters. The Morgan fingerprint density at radius 1 is 1.05 bits per heavy atom. The molecular formula is C14H10BrF3N2O. The van der Waals surface area contributed by atoms with Crippen molar-refractivity contribution in [3.05, 3.63) is 64.1 Å². The summed E-state index contributed by atoms with van der Waals surface area (Å²) in [6.07, 6.45) is -4.50. The van der Waals surface area contributed by atoms with Crippen molar-refractivity contribution in [1.82, 2.24) is 5.43 Å². The summed E-state index contributed by atoms with van der Waals surface area (Å²) in [7, 11) is 0. The summed E-state index contributed by atoms with van der Waals surface area (Å²) in [5.74, 6) is -0.534. The van der Waals surface area contributed by atoms with Gasteiger partial charge in [-0.25, -0.2) is 0 Å². The third kappa shape index (κ3) is 3.98. The first-order valence-corrected chi connectivity index (χ1v) is 6.65. The second-order valence-corrected chi connectivity index (χ2v) is 5.05. The average molecular weight is 359 g/mol. The molecule has 2 aromatic carbocycles. The van der Waals surface area contributed by atoms with Crippen LogP contribution in [0.25, 0.3) is 0 Å². The summed E-state index contributed by atoms with van der Waals surface area (Å²) >= 11 is 3.22. The van der Waals surface area contributed by atoms with Gasteiger partial charge in [-0.05, 0) is 30.3 Å². The molecule has 0 saturated heterocycles. The zero-order valence-corrected chi connectivity index (χ0v) is 12.1. The van der Waals surface area contributed by atoms with Gasteiger partial charge in [0.1, 0.15) is 0 Å². The molecule has 0 fully saturated rings. The Morgan fingerprint density at radius 2 is 1.76 bits per heavy atom. The summed E-state index contributed by atoms with van der Waals surface area (Å²) in [4.78, 5) is 11.9. The predicted octanol–water partition coefficient (Wildman–Crippen LogP) is 4.22. The zero-order chi connectivity index (χ0) is 15.5. The average Bonchev–Trinajstić information content (AvgIpc) is 2.44. The van der Waals surface area contributed by atoms with E-state index in [-0.39, 0.29) is 5.69 Å². The van der Waals surface area contributed by atoms with Gasteiger partial charge >= 0.3 is 6.18 Å². The van der Waals surface area contributed by atoms with Crippen LogP contribution in [0.3, 0.4) is 0 Å². The minimum atomic E-state index is -4.50. The Kier molecular flexibility index (Phi) is 4.52. The Balaban J connectivity index is 2.12. The number of halogens is 4. The summed E-state index contributed by atoms with van der Waals surface area (Å²) in [5.41, 5.74) is 3.81. The lowest BCUT2D eigenvalue weighted by Crippen LogP contribution is -2.30. The fourth-order valence-electron chi connectivity index (χ4n) is 1.67. The molecule has 0 spiro atoms. The quantitative estimate of drug-likeness (QED) is 0.806. The van der Waals surface area contributed by atoms with E-state index in [1.54, 1.807) is 24.3 Å². The van der Waals surface area contributed by atoms with E-state index in [9.17, 15) is 18.0 Å².